The molecule has 22 heavy (non-hydrogen) atoms. The molecule has 6 nitrogen and oxygen atoms in total. The van der Waals surface area contributed by atoms with Gasteiger partial charge in [-0.15, -0.1) is 0 Å². The fraction of sp³-hybridized carbons (Fsp3) is 0.533. The summed E-state index contributed by atoms with van der Waals surface area (Å²) in [6.45, 7) is 4.59. The average Bonchev–Trinajstić information content (AvgIpc) is 3.08. The number of nitrogens with zero attached hydrogens (tertiary/aromatic N) is 1. The van der Waals surface area contributed by atoms with Gasteiger partial charge in [-0.05, 0) is 49.5 Å². The lowest BCUT2D eigenvalue weighted by molar-refractivity contribution is 0.0599. The molecular weight excluding hydrogens is 304 g/mol. The van der Waals surface area contributed by atoms with Gasteiger partial charge in [0.1, 0.15) is 0 Å². The predicted octanol–water partition coefficient (Wildman–Crippen LogP) is 0.622. The van der Waals surface area contributed by atoms with Crippen molar-refractivity contribution < 1.29 is 17.9 Å². The molecule has 2 saturated heterocycles. The number of ether oxygens (including phenoxy) is 1. The lowest BCUT2D eigenvalue weighted by atomic mass is 10.0. The van der Waals surface area contributed by atoms with Gasteiger partial charge in [0.15, 0.2) is 0 Å². The molecule has 0 spiro atoms. The summed E-state index contributed by atoms with van der Waals surface area (Å²) < 4.78 is 31.8. The number of hydrogen-bond donors (Lipinski definition) is 1. The van der Waals surface area contributed by atoms with E-state index >= 15 is 0 Å². The van der Waals surface area contributed by atoms with Crippen LogP contribution in [0.5, 0.6) is 0 Å². The number of benzene rings is 1. The lowest BCUT2D eigenvalue weighted by Gasteiger charge is -2.18. The van der Waals surface area contributed by atoms with Crippen LogP contribution >= 0.6 is 0 Å². The lowest BCUT2D eigenvalue weighted by Crippen LogP contribution is -2.32. The third kappa shape index (κ3) is 2.53. The molecule has 2 aliphatic heterocycles. The largest absolute Gasteiger partial charge is 0.465 e. The van der Waals surface area contributed by atoms with Crippen LogP contribution < -0.4 is 5.32 Å². The molecule has 1 N–H and O–H groups in total. The second kappa shape index (κ2) is 5.64. The number of sulfonamides is 1. The molecule has 0 unspecified atom stereocenters. The number of carbonyl (C=O) groups is 1. The Bertz CT molecular complexity index is 689. The van der Waals surface area contributed by atoms with Crippen molar-refractivity contribution in [3.05, 3.63) is 29.3 Å². The third-order valence-electron chi connectivity index (χ3n) is 4.61. The smallest absolute Gasteiger partial charge is 0.338 e. The molecule has 0 radical (unpaired) electrons. The van der Waals surface area contributed by atoms with Crippen LogP contribution in [0.4, 0.5) is 0 Å². The van der Waals surface area contributed by atoms with Gasteiger partial charge < -0.3 is 10.1 Å². The van der Waals surface area contributed by atoms with Gasteiger partial charge in [0.2, 0.25) is 10.0 Å². The van der Waals surface area contributed by atoms with Crippen LogP contribution in [0.2, 0.25) is 0 Å². The minimum Gasteiger partial charge on any atom is -0.465 e. The number of methoxy groups -OCH3 is 1. The second-order valence-electron chi connectivity index (χ2n) is 5.97. The Kier molecular flexibility index (Phi) is 3.96. The number of esters is 1. The molecule has 0 bridgehead atoms. The number of carbonyl (C=O) groups excluding carboxylic acids is 1. The zero-order valence-corrected chi connectivity index (χ0v) is 13.5. The van der Waals surface area contributed by atoms with E-state index < -0.39 is 16.0 Å². The van der Waals surface area contributed by atoms with Crippen LogP contribution in [0.15, 0.2) is 23.1 Å². The van der Waals surface area contributed by atoms with Crippen LogP contribution in [0.1, 0.15) is 15.9 Å². The molecule has 1 aromatic rings. The molecule has 1 aromatic carbocycles. The predicted molar refractivity (Wildman–Crippen MR) is 81.1 cm³/mol. The molecule has 120 valence electrons. The molecule has 0 saturated carbocycles. The van der Waals surface area contributed by atoms with E-state index in [1.54, 1.807) is 19.1 Å². The van der Waals surface area contributed by atoms with Crippen molar-refractivity contribution in [3.8, 4) is 0 Å². The Labute approximate surface area is 130 Å². The van der Waals surface area contributed by atoms with Crippen molar-refractivity contribution in [2.45, 2.75) is 11.8 Å². The van der Waals surface area contributed by atoms with Crippen molar-refractivity contribution in [3.63, 3.8) is 0 Å². The number of hydrogen-bond acceptors (Lipinski definition) is 5. The first-order valence-electron chi connectivity index (χ1n) is 7.33. The van der Waals surface area contributed by atoms with Crippen LogP contribution in [-0.4, -0.2) is 52.0 Å². The normalized spacial score (nSPS) is 25.2. The van der Waals surface area contributed by atoms with E-state index in [0.717, 1.165) is 13.1 Å². The molecular formula is C15H20N2O4S. The van der Waals surface area contributed by atoms with Gasteiger partial charge in [-0.2, -0.15) is 4.31 Å². The summed E-state index contributed by atoms with van der Waals surface area (Å²) in [6.07, 6.45) is 0. The van der Waals surface area contributed by atoms with Gasteiger partial charge in [0, 0.05) is 13.1 Å². The maximum Gasteiger partial charge on any atom is 0.338 e. The molecule has 7 heteroatoms. The van der Waals surface area contributed by atoms with E-state index in [9.17, 15) is 13.2 Å². The van der Waals surface area contributed by atoms with Gasteiger partial charge in [0.05, 0.1) is 17.6 Å². The highest BCUT2D eigenvalue weighted by molar-refractivity contribution is 7.89. The van der Waals surface area contributed by atoms with E-state index in [1.165, 1.54) is 17.5 Å². The highest BCUT2D eigenvalue weighted by atomic mass is 32.2. The van der Waals surface area contributed by atoms with Crippen LogP contribution in [0.3, 0.4) is 0 Å². The molecule has 3 rings (SSSR count). The summed E-state index contributed by atoms with van der Waals surface area (Å²) in [6, 6.07) is 4.63. The SMILES string of the molecule is COC(=O)c1cc(S(=O)(=O)N2C[C@H]3CNC[C@H]3C2)ccc1C. The molecule has 2 atom stereocenters. The Morgan fingerprint density at radius 1 is 1.27 bits per heavy atom. The summed E-state index contributed by atoms with van der Waals surface area (Å²) in [5, 5.41) is 3.29. The number of nitrogens with one attached hydrogen (secondary N) is 1. The first-order valence-corrected chi connectivity index (χ1v) is 8.77. The van der Waals surface area contributed by atoms with Crippen LogP contribution in [0.25, 0.3) is 0 Å². The highest BCUT2D eigenvalue weighted by Gasteiger charge is 2.41. The van der Waals surface area contributed by atoms with Crippen LogP contribution in [-0.2, 0) is 14.8 Å². The van der Waals surface area contributed by atoms with E-state index in [4.69, 9.17) is 4.74 Å². The summed E-state index contributed by atoms with van der Waals surface area (Å²) in [4.78, 5) is 11.9. The maximum atomic E-state index is 12.8. The van der Waals surface area contributed by atoms with E-state index in [2.05, 4.69) is 5.32 Å². The fourth-order valence-electron chi connectivity index (χ4n) is 3.25. The maximum absolute atomic E-state index is 12.8. The summed E-state index contributed by atoms with van der Waals surface area (Å²) in [5.74, 6) is 0.262. The zero-order valence-electron chi connectivity index (χ0n) is 12.7. The summed E-state index contributed by atoms with van der Waals surface area (Å²) in [7, 11) is -2.27. The number of aryl methyl sites for hydroxylation is 1. The minimum absolute atomic E-state index is 0.159. The molecule has 0 aliphatic carbocycles. The van der Waals surface area contributed by atoms with Gasteiger partial charge in [-0.3, -0.25) is 0 Å². The Morgan fingerprint density at radius 3 is 2.50 bits per heavy atom. The second-order valence-corrected chi connectivity index (χ2v) is 7.91. The van der Waals surface area contributed by atoms with Crippen molar-refractivity contribution in [1.29, 1.82) is 0 Å². The van der Waals surface area contributed by atoms with Crippen molar-refractivity contribution in [1.82, 2.24) is 9.62 Å². The average molecular weight is 324 g/mol. The molecule has 0 amide bonds. The number of rotatable bonds is 3. The first kappa shape index (κ1) is 15.5. The van der Waals surface area contributed by atoms with Crippen LogP contribution in [0, 0.1) is 18.8 Å². The first-order chi connectivity index (χ1) is 10.4. The fourth-order valence-corrected chi connectivity index (χ4v) is 4.83. The highest BCUT2D eigenvalue weighted by Crippen LogP contribution is 2.31. The van der Waals surface area contributed by atoms with Gasteiger partial charge >= 0.3 is 5.97 Å². The molecule has 2 fully saturated rings. The quantitative estimate of drug-likeness (QED) is 0.825. The Balaban J connectivity index is 1.91. The summed E-state index contributed by atoms with van der Waals surface area (Å²) >= 11 is 0. The van der Waals surface area contributed by atoms with Gasteiger partial charge in [-0.25, -0.2) is 13.2 Å². The standard InChI is InChI=1S/C15H20N2O4S/c1-10-3-4-13(5-14(10)15(18)21-2)22(19,20)17-8-11-6-16-7-12(11)9-17/h3-5,11-12,16H,6-9H2,1-2H3/t11-,12+. The van der Waals surface area contributed by atoms with E-state index in [0.29, 0.717) is 36.1 Å². The topological polar surface area (TPSA) is 75.7 Å². The minimum atomic E-state index is -3.56. The van der Waals surface area contributed by atoms with Gasteiger partial charge in [0.25, 0.3) is 0 Å². The summed E-state index contributed by atoms with van der Waals surface area (Å²) in [5.41, 5.74) is 0.998. The van der Waals surface area contributed by atoms with Crippen molar-refractivity contribution in [2.24, 2.45) is 11.8 Å². The van der Waals surface area contributed by atoms with Crippen molar-refractivity contribution >= 4 is 16.0 Å². The monoisotopic (exact) mass is 324 g/mol. The molecule has 2 heterocycles. The van der Waals surface area contributed by atoms with E-state index in [1.807, 2.05) is 0 Å². The van der Waals surface area contributed by atoms with Gasteiger partial charge in [-0.1, -0.05) is 6.07 Å². The third-order valence-corrected chi connectivity index (χ3v) is 6.44. The Morgan fingerprint density at radius 2 is 1.91 bits per heavy atom. The molecule has 0 aromatic heterocycles. The Hall–Kier alpha value is -1.44. The van der Waals surface area contributed by atoms with Crippen molar-refractivity contribution in [2.75, 3.05) is 33.3 Å². The molecule has 2 aliphatic rings. The number of fused-ring (bicyclic) bond motifs is 1. The zero-order chi connectivity index (χ0) is 15.9. The van der Waals surface area contributed by atoms with E-state index in [-0.39, 0.29) is 4.90 Å².